The number of hydrogen-bond donors (Lipinski definition) is 1. The first-order valence-electron chi connectivity index (χ1n) is 6.04. The topological polar surface area (TPSA) is 51.6 Å². The summed E-state index contributed by atoms with van der Waals surface area (Å²) in [5, 5.41) is 10.1. The van der Waals surface area contributed by atoms with E-state index in [0.717, 1.165) is 31.6 Å². The number of methoxy groups -OCH3 is 1. The second-order valence-corrected chi connectivity index (χ2v) is 4.43. The highest BCUT2D eigenvalue weighted by molar-refractivity contribution is 5.18. The lowest BCUT2D eigenvalue weighted by Crippen LogP contribution is -2.28. The summed E-state index contributed by atoms with van der Waals surface area (Å²) >= 11 is 0. The standard InChI is InChI=1S/C13H19NO3/c1-16-13-3-2-10(9-14-13)8-12(15)11-4-6-17-7-5-11/h2-3,9,11-12,15H,4-8H2,1H3. The van der Waals surface area contributed by atoms with E-state index in [-0.39, 0.29) is 6.10 Å². The van der Waals surface area contributed by atoms with Crippen LogP contribution in [0.4, 0.5) is 0 Å². The second-order valence-electron chi connectivity index (χ2n) is 4.43. The summed E-state index contributed by atoms with van der Waals surface area (Å²) in [6.45, 7) is 1.53. The van der Waals surface area contributed by atoms with Crippen LogP contribution >= 0.6 is 0 Å². The first-order chi connectivity index (χ1) is 8.29. The first-order valence-corrected chi connectivity index (χ1v) is 6.04. The van der Waals surface area contributed by atoms with Crippen LogP contribution in [0.15, 0.2) is 18.3 Å². The smallest absolute Gasteiger partial charge is 0.212 e. The molecule has 1 aliphatic rings. The van der Waals surface area contributed by atoms with Gasteiger partial charge in [-0.2, -0.15) is 0 Å². The van der Waals surface area contributed by atoms with Gasteiger partial charge in [-0.3, -0.25) is 0 Å². The van der Waals surface area contributed by atoms with Gasteiger partial charge in [-0.15, -0.1) is 0 Å². The summed E-state index contributed by atoms with van der Waals surface area (Å²) in [6, 6.07) is 3.78. The number of rotatable bonds is 4. The molecule has 0 aromatic carbocycles. The van der Waals surface area contributed by atoms with Crippen molar-refractivity contribution in [2.45, 2.75) is 25.4 Å². The molecule has 1 aromatic rings. The van der Waals surface area contributed by atoms with E-state index in [9.17, 15) is 5.11 Å². The van der Waals surface area contributed by atoms with Gasteiger partial charge in [0.25, 0.3) is 0 Å². The molecule has 1 N–H and O–H groups in total. The molecule has 1 fully saturated rings. The number of aromatic nitrogens is 1. The molecule has 2 heterocycles. The lowest BCUT2D eigenvalue weighted by atomic mass is 9.90. The fourth-order valence-corrected chi connectivity index (χ4v) is 2.16. The van der Waals surface area contributed by atoms with Crippen molar-refractivity contribution in [1.82, 2.24) is 4.98 Å². The molecular formula is C13H19NO3. The van der Waals surface area contributed by atoms with Gasteiger partial charge in [0.2, 0.25) is 5.88 Å². The average molecular weight is 237 g/mol. The molecule has 2 rings (SSSR count). The number of ether oxygens (including phenoxy) is 2. The van der Waals surface area contributed by atoms with Crippen LogP contribution in [-0.4, -0.2) is 36.5 Å². The Hall–Kier alpha value is -1.13. The predicted octanol–water partition coefficient (Wildman–Crippen LogP) is 1.42. The van der Waals surface area contributed by atoms with Crippen molar-refractivity contribution in [3.05, 3.63) is 23.9 Å². The zero-order chi connectivity index (χ0) is 12.1. The first kappa shape index (κ1) is 12.3. The van der Waals surface area contributed by atoms with Crippen molar-refractivity contribution in [3.8, 4) is 5.88 Å². The molecule has 0 radical (unpaired) electrons. The van der Waals surface area contributed by atoms with Gasteiger partial charge in [0.15, 0.2) is 0 Å². The highest BCUT2D eigenvalue weighted by Gasteiger charge is 2.22. The molecule has 0 amide bonds. The molecule has 94 valence electrons. The molecule has 1 atom stereocenters. The molecule has 0 saturated carbocycles. The largest absolute Gasteiger partial charge is 0.481 e. The minimum Gasteiger partial charge on any atom is -0.481 e. The fraction of sp³-hybridized carbons (Fsp3) is 0.615. The molecule has 1 aromatic heterocycles. The zero-order valence-corrected chi connectivity index (χ0v) is 10.1. The molecular weight excluding hydrogens is 218 g/mol. The van der Waals surface area contributed by atoms with Crippen LogP contribution in [0.25, 0.3) is 0 Å². The number of aliphatic hydroxyl groups is 1. The maximum absolute atomic E-state index is 10.1. The van der Waals surface area contributed by atoms with E-state index in [0.29, 0.717) is 18.2 Å². The van der Waals surface area contributed by atoms with Crippen LogP contribution in [0, 0.1) is 5.92 Å². The van der Waals surface area contributed by atoms with Crippen molar-refractivity contribution in [2.24, 2.45) is 5.92 Å². The SMILES string of the molecule is COc1ccc(CC(O)C2CCOCC2)cn1. The van der Waals surface area contributed by atoms with E-state index in [2.05, 4.69) is 4.98 Å². The van der Waals surface area contributed by atoms with Gasteiger partial charge in [0.1, 0.15) is 0 Å². The fourth-order valence-electron chi connectivity index (χ4n) is 2.16. The Morgan fingerprint density at radius 3 is 2.82 bits per heavy atom. The Labute approximate surface area is 102 Å². The van der Waals surface area contributed by atoms with E-state index in [1.165, 1.54) is 0 Å². The normalized spacial score (nSPS) is 18.9. The minimum absolute atomic E-state index is 0.297. The monoisotopic (exact) mass is 237 g/mol. The molecule has 1 saturated heterocycles. The molecule has 1 unspecified atom stereocenters. The van der Waals surface area contributed by atoms with Gasteiger partial charge in [-0.1, -0.05) is 6.07 Å². The summed E-state index contributed by atoms with van der Waals surface area (Å²) in [5.41, 5.74) is 1.05. The molecule has 4 nitrogen and oxygen atoms in total. The van der Waals surface area contributed by atoms with Gasteiger partial charge < -0.3 is 14.6 Å². The lowest BCUT2D eigenvalue weighted by molar-refractivity contribution is 0.00836. The quantitative estimate of drug-likeness (QED) is 0.860. The summed E-state index contributed by atoms with van der Waals surface area (Å²) in [4.78, 5) is 4.14. The summed E-state index contributed by atoms with van der Waals surface area (Å²) in [7, 11) is 1.60. The Balaban J connectivity index is 1.89. The average Bonchev–Trinajstić information content (AvgIpc) is 2.40. The predicted molar refractivity (Wildman–Crippen MR) is 64.0 cm³/mol. The van der Waals surface area contributed by atoms with Crippen LogP contribution in [0.5, 0.6) is 5.88 Å². The zero-order valence-electron chi connectivity index (χ0n) is 10.1. The maximum Gasteiger partial charge on any atom is 0.212 e. The van der Waals surface area contributed by atoms with Gasteiger partial charge in [-0.25, -0.2) is 4.98 Å². The maximum atomic E-state index is 10.1. The van der Waals surface area contributed by atoms with E-state index < -0.39 is 0 Å². The van der Waals surface area contributed by atoms with Crippen LogP contribution in [0.3, 0.4) is 0 Å². The van der Waals surface area contributed by atoms with Crippen molar-refractivity contribution in [3.63, 3.8) is 0 Å². The van der Waals surface area contributed by atoms with E-state index >= 15 is 0 Å². The van der Waals surface area contributed by atoms with Crippen LogP contribution in [0.2, 0.25) is 0 Å². The van der Waals surface area contributed by atoms with Gasteiger partial charge >= 0.3 is 0 Å². The Kier molecular flexibility index (Phi) is 4.34. The highest BCUT2D eigenvalue weighted by atomic mass is 16.5. The van der Waals surface area contributed by atoms with E-state index in [4.69, 9.17) is 9.47 Å². The highest BCUT2D eigenvalue weighted by Crippen LogP contribution is 2.21. The summed E-state index contributed by atoms with van der Waals surface area (Å²) < 4.78 is 10.3. The molecule has 4 heteroatoms. The Morgan fingerprint density at radius 1 is 1.47 bits per heavy atom. The van der Waals surface area contributed by atoms with Crippen molar-refractivity contribution in [2.75, 3.05) is 20.3 Å². The second kappa shape index (κ2) is 5.98. The van der Waals surface area contributed by atoms with Crippen LogP contribution in [0.1, 0.15) is 18.4 Å². The van der Waals surface area contributed by atoms with Crippen molar-refractivity contribution >= 4 is 0 Å². The van der Waals surface area contributed by atoms with E-state index in [1.54, 1.807) is 13.3 Å². The van der Waals surface area contributed by atoms with Crippen molar-refractivity contribution in [1.29, 1.82) is 0 Å². The molecule has 0 bridgehead atoms. The molecule has 1 aliphatic heterocycles. The van der Waals surface area contributed by atoms with Crippen molar-refractivity contribution < 1.29 is 14.6 Å². The summed E-state index contributed by atoms with van der Waals surface area (Å²) in [5.74, 6) is 0.958. The summed E-state index contributed by atoms with van der Waals surface area (Å²) in [6.07, 6.45) is 4.02. The third-order valence-electron chi connectivity index (χ3n) is 3.26. The Morgan fingerprint density at radius 2 is 2.24 bits per heavy atom. The third kappa shape index (κ3) is 3.41. The van der Waals surface area contributed by atoms with Gasteiger partial charge in [0, 0.05) is 31.9 Å². The molecule has 0 aliphatic carbocycles. The molecule has 0 spiro atoms. The van der Waals surface area contributed by atoms with E-state index in [1.807, 2.05) is 12.1 Å². The number of nitrogens with zero attached hydrogens (tertiary/aromatic N) is 1. The lowest BCUT2D eigenvalue weighted by Gasteiger charge is -2.26. The third-order valence-corrected chi connectivity index (χ3v) is 3.26. The number of aliphatic hydroxyl groups excluding tert-OH is 1. The van der Waals surface area contributed by atoms with Crippen LogP contribution in [-0.2, 0) is 11.2 Å². The number of pyridine rings is 1. The van der Waals surface area contributed by atoms with Gasteiger partial charge in [-0.05, 0) is 24.3 Å². The Bertz CT molecular complexity index is 333. The number of hydrogen-bond acceptors (Lipinski definition) is 4. The van der Waals surface area contributed by atoms with Crippen LogP contribution < -0.4 is 4.74 Å². The van der Waals surface area contributed by atoms with Gasteiger partial charge in [0.05, 0.1) is 13.2 Å². The molecule has 17 heavy (non-hydrogen) atoms. The minimum atomic E-state index is -0.297.